The number of piperazine rings is 1. The van der Waals surface area contributed by atoms with Gasteiger partial charge in [0.1, 0.15) is 15.7 Å². The number of aromatic nitrogens is 1. The molecule has 1 aromatic carbocycles. The van der Waals surface area contributed by atoms with E-state index < -0.39 is 17.2 Å². The predicted octanol–water partition coefficient (Wildman–Crippen LogP) is 4.63. The molecule has 0 bridgehead atoms. The van der Waals surface area contributed by atoms with E-state index in [0.29, 0.717) is 47.7 Å². The monoisotopic (exact) mass is 699 g/mol. The second-order valence-corrected chi connectivity index (χ2v) is 10.4. The average molecular weight is 700 g/mol. The Hall–Kier alpha value is -2.77. The number of hydrogen-bond donors (Lipinski definition) is 2. The van der Waals surface area contributed by atoms with E-state index in [2.05, 4.69) is 37.4 Å². The zero-order valence-corrected chi connectivity index (χ0v) is 26.1. The molecule has 3 aliphatic rings. The Morgan fingerprint density at radius 1 is 1.00 bits per heavy atom. The summed E-state index contributed by atoms with van der Waals surface area (Å²) in [7, 11) is 0. The molecule has 1 saturated heterocycles. The fourth-order valence-electron chi connectivity index (χ4n) is 4.76. The zero-order valence-electron chi connectivity index (χ0n) is 22.6. The van der Waals surface area contributed by atoms with Gasteiger partial charge in [-0.2, -0.15) is 0 Å². The summed E-state index contributed by atoms with van der Waals surface area (Å²) in [6.07, 6.45) is 9.46. The molecule has 5 rings (SSSR count). The maximum absolute atomic E-state index is 14.8. The fraction of sp³-hybridized carbons (Fsp3) is 0.464. The number of carbonyl (C=O) groups is 1. The Bertz CT molecular complexity index is 1360. The number of thiocarbonyl (C=S) groups is 1. The minimum absolute atomic E-state index is 0. The SMILES string of the molecule is O=C(O)c1cn(C2CC2)c2cc(N3CCN(C(=S)S)CC3)c(F)cc2c1=O.[99Tc].[C-]#[N+]C1CCCCC1.[C-]#[O+].[C-]#[O+].[C-]#[O+]. The van der Waals surface area contributed by atoms with Crippen molar-refractivity contribution in [2.75, 3.05) is 31.1 Å². The number of anilines is 1. The van der Waals surface area contributed by atoms with E-state index in [1.54, 1.807) is 6.07 Å². The molecule has 10 nitrogen and oxygen atoms in total. The minimum atomic E-state index is -1.29. The molecule has 2 aromatic rings. The number of fused-ring (bicyclic) bond motifs is 1. The van der Waals surface area contributed by atoms with Crippen molar-refractivity contribution in [1.29, 1.82) is 0 Å². The van der Waals surface area contributed by atoms with Crippen LogP contribution in [0.4, 0.5) is 10.1 Å². The van der Waals surface area contributed by atoms with Gasteiger partial charge < -0.3 is 24.3 Å². The summed E-state index contributed by atoms with van der Waals surface area (Å²) < 4.78 is 39.7. The van der Waals surface area contributed by atoms with Gasteiger partial charge in [-0.3, -0.25) is 4.79 Å². The first kappa shape index (κ1) is 39.2. The van der Waals surface area contributed by atoms with Crippen LogP contribution in [0.5, 0.6) is 0 Å². The summed E-state index contributed by atoms with van der Waals surface area (Å²) in [6, 6.07) is 3.38. The predicted molar refractivity (Wildman–Crippen MR) is 154 cm³/mol. The molecule has 2 saturated carbocycles. The van der Waals surface area contributed by atoms with Crippen molar-refractivity contribution in [1.82, 2.24) is 9.47 Å². The number of nitrogens with zero attached hydrogens (tertiary/aromatic N) is 4. The fourth-order valence-corrected chi connectivity index (χ4v) is 5.14. The molecule has 42 heavy (non-hydrogen) atoms. The second-order valence-electron chi connectivity index (χ2n) is 9.31. The van der Waals surface area contributed by atoms with Crippen molar-refractivity contribution >= 4 is 51.7 Å². The summed E-state index contributed by atoms with van der Waals surface area (Å²) in [5.41, 5.74) is 0.0303. The number of halogens is 1. The summed E-state index contributed by atoms with van der Waals surface area (Å²) in [6.45, 7) is 22.7. The first-order valence-electron chi connectivity index (χ1n) is 12.6. The van der Waals surface area contributed by atoms with E-state index >= 15 is 0 Å². The molecule has 14 heteroatoms. The summed E-state index contributed by atoms with van der Waals surface area (Å²) in [5, 5.41) is 9.42. The summed E-state index contributed by atoms with van der Waals surface area (Å²) in [5.74, 6) is -1.81. The topological polar surface area (TPSA) is 130 Å². The summed E-state index contributed by atoms with van der Waals surface area (Å²) in [4.78, 5) is 31.3. The normalized spacial score (nSPS) is 15.6. The van der Waals surface area contributed by atoms with E-state index in [1.807, 2.05) is 14.4 Å². The van der Waals surface area contributed by atoms with Gasteiger partial charge in [-0.25, -0.2) is 15.8 Å². The number of thiol groups is 1. The molecule has 1 radical (unpaired) electrons. The Labute approximate surface area is 268 Å². The Balaban J connectivity index is 0.000000947. The summed E-state index contributed by atoms with van der Waals surface area (Å²) >= 11 is 9.26. The van der Waals surface area contributed by atoms with Crippen LogP contribution >= 0.6 is 24.8 Å². The molecule has 0 atom stereocenters. The number of hydrogen-bond acceptors (Lipinski definition) is 4. The molecule has 2 heterocycles. The number of pyridine rings is 1. The van der Waals surface area contributed by atoms with Crippen LogP contribution in [-0.2, 0) is 34.1 Å². The number of carboxylic acid groups (broad SMARTS) is 1. The molecule has 223 valence electrons. The number of aromatic carboxylic acids is 1. The Morgan fingerprint density at radius 3 is 1.98 bits per heavy atom. The van der Waals surface area contributed by atoms with Gasteiger partial charge in [-0.1, -0.05) is 18.6 Å². The first-order chi connectivity index (χ1) is 19.8. The zero-order chi connectivity index (χ0) is 31.1. The van der Waals surface area contributed by atoms with Gasteiger partial charge in [-0.05, 0) is 37.8 Å². The third-order valence-electron chi connectivity index (χ3n) is 6.92. The Kier molecular flexibility index (Phi) is 18.9. The quantitative estimate of drug-likeness (QED) is 0.208. The van der Waals surface area contributed by atoms with Crippen LogP contribution < -0.4 is 10.3 Å². The molecular weight excluding hydrogens is 670 g/mol. The van der Waals surface area contributed by atoms with Crippen LogP contribution in [0.3, 0.4) is 0 Å². The molecule has 1 N–H and O–H groups in total. The van der Waals surface area contributed by atoms with E-state index in [-0.39, 0.29) is 37.1 Å². The molecule has 0 unspecified atom stereocenters. The number of benzene rings is 1. The van der Waals surface area contributed by atoms with Crippen molar-refractivity contribution < 1.29 is 48.4 Å². The number of carboxylic acids is 1. The Morgan fingerprint density at radius 2 is 1.55 bits per heavy atom. The molecular formula is C28H29FN4O6S2Tc. The molecule has 0 spiro atoms. The van der Waals surface area contributed by atoms with Crippen LogP contribution in [0, 0.1) is 32.3 Å². The van der Waals surface area contributed by atoms with Gasteiger partial charge in [-0.15, -0.1) is 12.6 Å². The van der Waals surface area contributed by atoms with Gasteiger partial charge in [0, 0.05) is 76.8 Å². The van der Waals surface area contributed by atoms with E-state index in [4.69, 9.17) is 32.7 Å². The van der Waals surface area contributed by atoms with Gasteiger partial charge in [0.25, 0.3) is 0 Å². The maximum atomic E-state index is 14.8. The van der Waals surface area contributed by atoms with Crippen molar-refractivity contribution in [3.63, 3.8) is 0 Å². The average Bonchev–Trinajstić information content (AvgIpc) is 3.87. The van der Waals surface area contributed by atoms with Crippen LogP contribution in [0.2, 0.25) is 0 Å². The van der Waals surface area contributed by atoms with Crippen molar-refractivity contribution in [2.24, 2.45) is 0 Å². The molecule has 3 fully saturated rings. The van der Waals surface area contributed by atoms with Crippen LogP contribution in [0.15, 0.2) is 23.1 Å². The van der Waals surface area contributed by atoms with Gasteiger partial charge >= 0.3 is 39.9 Å². The van der Waals surface area contributed by atoms with E-state index in [0.717, 1.165) is 25.7 Å². The first-order valence-corrected chi connectivity index (χ1v) is 13.5. The third kappa shape index (κ3) is 10.5. The molecule has 2 aliphatic carbocycles. The van der Waals surface area contributed by atoms with Crippen molar-refractivity contribution in [3.8, 4) is 0 Å². The van der Waals surface area contributed by atoms with Crippen molar-refractivity contribution in [3.05, 3.63) is 71.3 Å². The van der Waals surface area contributed by atoms with Gasteiger partial charge in [0.2, 0.25) is 11.5 Å². The van der Waals surface area contributed by atoms with Crippen molar-refractivity contribution in [2.45, 2.75) is 57.0 Å². The van der Waals surface area contributed by atoms with Crippen LogP contribution in [0.1, 0.15) is 61.3 Å². The number of rotatable bonds is 3. The van der Waals surface area contributed by atoms with Gasteiger partial charge in [0.15, 0.2) is 0 Å². The van der Waals surface area contributed by atoms with E-state index in [9.17, 15) is 19.1 Å². The molecule has 1 aromatic heterocycles. The third-order valence-corrected chi connectivity index (χ3v) is 7.46. The molecule has 0 amide bonds. The second kappa shape index (κ2) is 20.2. The molecule has 1 aliphatic heterocycles. The van der Waals surface area contributed by atoms with Gasteiger partial charge in [0.05, 0.1) is 11.2 Å². The van der Waals surface area contributed by atoms with Crippen LogP contribution in [-0.4, -0.2) is 57.1 Å². The van der Waals surface area contributed by atoms with E-state index in [1.165, 1.54) is 31.5 Å². The standard InChI is InChI=1S/C18H18FN3O3S2.C7H11N.3CO.Tc/c19-13-7-11-14(8-15(13)20-3-5-21(6-4-20)18(26)27)22(10-1-2-10)9-12(16(11)23)17(24)25;1-8-7-5-3-2-4-6-7;3*1-2;/h7-10H,1-6H2,(H,24,25)(H,26,27);7H,2-6H2;;;;/i;;;;;1+1. The van der Waals surface area contributed by atoms with Crippen LogP contribution in [0.25, 0.3) is 15.7 Å².